The molecule has 0 spiro atoms. The molecular weight excluding hydrogens is 268 g/mol. The van der Waals surface area contributed by atoms with Crippen molar-refractivity contribution in [1.82, 2.24) is 4.34 Å². The Kier molecular flexibility index (Phi) is 6.17. The number of rotatable bonds is 6. The van der Waals surface area contributed by atoms with Crippen LogP contribution in [0.2, 0.25) is 26.2 Å². The van der Waals surface area contributed by atoms with Crippen molar-refractivity contribution < 1.29 is 4.79 Å². The van der Waals surface area contributed by atoms with Crippen molar-refractivity contribution in [3.8, 4) is 0 Å². The molecule has 0 saturated heterocycles. The Bertz CT molecular complexity index is 436. The second-order valence-electron chi connectivity index (χ2n) is 5.36. The van der Waals surface area contributed by atoms with Crippen LogP contribution in [-0.4, -0.2) is 33.8 Å². The number of benzene rings is 1. The minimum atomic E-state index is -0.972. The minimum Gasteiger partial charge on any atom is -0.355 e. The van der Waals surface area contributed by atoms with E-state index in [9.17, 15) is 4.79 Å². The van der Waals surface area contributed by atoms with Gasteiger partial charge >= 0.3 is 0 Å². The molecule has 5 heteroatoms. The van der Waals surface area contributed by atoms with Crippen LogP contribution in [-0.2, 0) is 4.79 Å². The summed E-state index contributed by atoms with van der Waals surface area (Å²) in [5, 5.41) is 4.84. The third-order valence-corrected chi connectivity index (χ3v) is 8.74. The number of hydrazone groups is 1. The third kappa shape index (κ3) is 5.12. The van der Waals surface area contributed by atoms with Crippen LogP contribution in [0.4, 0.5) is 0 Å². The van der Waals surface area contributed by atoms with Crippen LogP contribution in [0.25, 0.3) is 0 Å². The van der Waals surface area contributed by atoms with E-state index in [1.807, 2.05) is 30.3 Å². The van der Waals surface area contributed by atoms with Crippen LogP contribution >= 0.6 is 0 Å². The first kappa shape index (κ1) is 15.8. The smallest absolute Gasteiger partial charge is 0.144 e. The molecular formula is C14H24N2OSi2. The van der Waals surface area contributed by atoms with E-state index in [1.165, 1.54) is 0 Å². The summed E-state index contributed by atoms with van der Waals surface area (Å²) in [6, 6.07) is 10.0. The van der Waals surface area contributed by atoms with Gasteiger partial charge in [0.05, 0.1) is 12.1 Å². The van der Waals surface area contributed by atoms with Crippen LogP contribution in [0.15, 0.2) is 35.4 Å². The normalized spacial score (nSPS) is 12.1. The fourth-order valence-corrected chi connectivity index (χ4v) is 7.54. The molecule has 0 fully saturated rings. The molecule has 3 nitrogen and oxygen atoms in total. The van der Waals surface area contributed by atoms with E-state index in [0.29, 0.717) is 6.42 Å². The van der Waals surface area contributed by atoms with Gasteiger partial charge in [-0.05, 0) is 12.5 Å². The fourth-order valence-electron chi connectivity index (χ4n) is 2.03. The molecule has 0 amide bonds. The van der Waals surface area contributed by atoms with Gasteiger partial charge in [0, 0.05) is 0 Å². The van der Waals surface area contributed by atoms with Gasteiger partial charge in [-0.2, -0.15) is 5.10 Å². The van der Waals surface area contributed by atoms with Gasteiger partial charge < -0.3 is 4.34 Å². The quantitative estimate of drug-likeness (QED) is 0.459. The Labute approximate surface area is 119 Å². The number of hydrogen-bond donors (Lipinski definition) is 0. The van der Waals surface area contributed by atoms with Crippen molar-refractivity contribution in [1.29, 1.82) is 0 Å². The summed E-state index contributed by atoms with van der Waals surface area (Å²) in [4.78, 5) is 11.5. The number of ketones is 1. The van der Waals surface area contributed by atoms with Gasteiger partial charge in [-0.25, -0.2) is 0 Å². The predicted molar refractivity (Wildman–Crippen MR) is 87.9 cm³/mol. The first-order valence-corrected chi connectivity index (χ1v) is 12.5. The first-order valence-electron chi connectivity index (χ1n) is 6.82. The molecule has 1 rings (SSSR count). The fraction of sp³-hybridized carbons (Fsp3) is 0.429. The second-order valence-corrected chi connectivity index (χ2v) is 11.4. The molecule has 0 aliphatic rings. The molecule has 0 saturated carbocycles. The lowest BCUT2D eigenvalue weighted by atomic mass is 10.1. The maximum atomic E-state index is 11.5. The zero-order valence-corrected chi connectivity index (χ0v) is 14.9. The molecule has 0 atom stereocenters. The van der Waals surface area contributed by atoms with E-state index in [2.05, 4.69) is 30.5 Å². The van der Waals surface area contributed by atoms with Gasteiger partial charge in [0.1, 0.15) is 23.7 Å². The van der Waals surface area contributed by atoms with E-state index in [4.69, 9.17) is 5.10 Å². The highest BCUT2D eigenvalue weighted by atomic mass is 28.3. The van der Waals surface area contributed by atoms with Gasteiger partial charge in [0.2, 0.25) is 0 Å². The van der Waals surface area contributed by atoms with E-state index in [1.54, 1.807) is 6.92 Å². The van der Waals surface area contributed by atoms with Gasteiger partial charge in [-0.3, -0.25) is 4.79 Å². The summed E-state index contributed by atoms with van der Waals surface area (Å²) < 4.78 is 2.32. The molecule has 19 heavy (non-hydrogen) atoms. The molecule has 0 aromatic heterocycles. The molecule has 0 unspecified atom stereocenters. The molecule has 0 N–H and O–H groups in total. The van der Waals surface area contributed by atoms with Crippen LogP contribution in [0.5, 0.6) is 0 Å². The lowest BCUT2D eigenvalue weighted by molar-refractivity contribution is -0.115. The molecule has 1 aromatic rings. The lowest BCUT2D eigenvalue weighted by Gasteiger charge is -2.28. The maximum absolute atomic E-state index is 11.5. The topological polar surface area (TPSA) is 32.7 Å². The van der Waals surface area contributed by atoms with E-state index in [0.717, 1.165) is 11.3 Å². The van der Waals surface area contributed by atoms with Crippen LogP contribution in [0, 0.1) is 0 Å². The highest BCUT2D eigenvalue weighted by Gasteiger charge is 2.15. The Balaban J connectivity index is 3.12. The monoisotopic (exact) mass is 292 g/mol. The summed E-state index contributed by atoms with van der Waals surface area (Å²) in [7, 11) is -1.94. The molecule has 1 aromatic carbocycles. The number of carbonyl (C=O) groups is 1. The number of carbonyl (C=O) groups excluding carboxylic acids is 1. The predicted octanol–water partition coefficient (Wildman–Crippen LogP) is 2.64. The Hall–Kier alpha value is -1.21. The standard InChI is InChI=1S/C14H24N2OSi2/c1-12(17)11-14(13-9-7-6-8-10-13)15-16(18(2)3)19(4)5/h6-10,18-19H,11H2,1-5H3. The lowest BCUT2D eigenvalue weighted by Crippen LogP contribution is -2.39. The second kappa shape index (κ2) is 7.40. The Morgan fingerprint density at radius 2 is 1.63 bits per heavy atom. The Morgan fingerprint density at radius 3 is 2.05 bits per heavy atom. The van der Waals surface area contributed by atoms with E-state index < -0.39 is 17.9 Å². The highest BCUT2D eigenvalue weighted by Crippen LogP contribution is 2.09. The van der Waals surface area contributed by atoms with Gasteiger partial charge in [0.15, 0.2) is 0 Å². The average molecular weight is 293 g/mol. The molecule has 0 aliphatic heterocycles. The van der Waals surface area contributed by atoms with Gasteiger partial charge in [0.25, 0.3) is 0 Å². The van der Waals surface area contributed by atoms with Crippen LogP contribution in [0.1, 0.15) is 18.9 Å². The summed E-state index contributed by atoms with van der Waals surface area (Å²) in [6.07, 6.45) is 0.419. The van der Waals surface area contributed by atoms with Gasteiger partial charge in [-0.1, -0.05) is 56.5 Å². The number of nitrogens with zero attached hydrogens (tertiary/aromatic N) is 2. The van der Waals surface area contributed by atoms with Crippen molar-refractivity contribution in [2.24, 2.45) is 5.10 Å². The molecule has 104 valence electrons. The van der Waals surface area contributed by atoms with Crippen molar-refractivity contribution in [3.63, 3.8) is 0 Å². The van der Waals surface area contributed by atoms with Crippen molar-refractivity contribution in [2.75, 3.05) is 0 Å². The average Bonchev–Trinajstić information content (AvgIpc) is 2.34. The van der Waals surface area contributed by atoms with Crippen LogP contribution < -0.4 is 0 Å². The highest BCUT2D eigenvalue weighted by molar-refractivity contribution is 6.69. The maximum Gasteiger partial charge on any atom is 0.144 e. The summed E-state index contributed by atoms with van der Waals surface area (Å²) in [6.45, 7) is 10.8. The number of Topliss-reactive ketones (excluding diaryl/α,β-unsaturated/α-hetero) is 1. The molecule has 0 heterocycles. The van der Waals surface area contributed by atoms with Crippen LogP contribution in [0.3, 0.4) is 0 Å². The Morgan fingerprint density at radius 1 is 1.11 bits per heavy atom. The largest absolute Gasteiger partial charge is 0.355 e. The zero-order chi connectivity index (χ0) is 14.4. The molecule has 0 bridgehead atoms. The zero-order valence-electron chi connectivity index (χ0n) is 12.6. The summed E-state index contributed by atoms with van der Waals surface area (Å²) in [5.41, 5.74) is 1.97. The third-order valence-electron chi connectivity index (χ3n) is 2.82. The van der Waals surface area contributed by atoms with Crippen molar-refractivity contribution in [3.05, 3.63) is 35.9 Å². The van der Waals surface area contributed by atoms with Crippen molar-refractivity contribution in [2.45, 2.75) is 39.5 Å². The summed E-state index contributed by atoms with van der Waals surface area (Å²) >= 11 is 0. The molecule has 0 radical (unpaired) electrons. The number of hydrogen-bond acceptors (Lipinski definition) is 3. The molecule has 0 aliphatic carbocycles. The minimum absolute atomic E-state index is 0.165. The van der Waals surface area contributed by atoms with E-state index in [-0.39, 0.29) is 5.78 Å². The first-order chi connectivity index (χ1) is 8.91. The van der Waals surface area contributed by atoms with Gasteiger partial charge in [-0.15, -0.1) is 0 Å². The van der Waals surface area contributed by atoms with Crippen molar-refractivity contribution >= 4 is 29.4 Å². The SMILES string of the molecule is CC(=O)CC(=NN([SiH](C)C)[SiH](C)C)c1ccccc1. The van der Waals surface area contributed by atoms with E-state index >= 15 is 0 Å². The summed E-state index contributed by atoms with van der Waals surface area (Å²) in [5.74, 6) is 0.165.